The average Bonchev–Trinajstić information content (AvgIpc) is 2.46. The summed E-state index contributed by atoms with van der Waals surface area (Å²) in [6, 6.07) is 0.155. The van der Waals surface area contributed by atoms with Crippen molar-refractivity contribution in [2.24, 2.45) is 5.92 Å². The highest BCUT2D eigenvalue weighted by Gasteiger charge is 2.39. The van der Waals surface area contributed by atoms with Crippen molar-refractivity contribution in [3.63, 3.8) is 0 Å². The zero-order valence-corrected chi connectivity index (χ0v) is 12.2. The number of nitrogens with zero attached hydrogens (tertiary/aromatic N) is 1. The van der Waals surface area contributed by atoms with Crippen LogP contribution in [-0.4, -0.2) is 47.8 Å². The number of aliphatic hydroxyl groups is 1. The van der Waals surface area contributed by atoms with E-state index in [9.17, 15) is 9.90 Å². The molecule has 1 heterocycles. The van der Waals surface area contributed by atoms with E-state index in [0.717, 1.165) is 38.6 Å². The van der Waals surface area contributed by atoms with Crippen LogP contribution in [0.2, 0.25) is 0 Å². The van der Waals surface area contributed by atoms with Crippen molar-refractivity contribution in [2.75, 3.05) is 13.7 Å². The van der Waals surface area contributed by atoms with Gasteiger partial charge in [0.05, 0.1) is 13.2 Å². The molecule has 0 aromatic rings. The van der Waals surface area contributed by atoms with E-state index < -0.39 is 0 Å². The van der Waals surface area contributed by atoms with Gasteiger partial charge < -0.3 is 9.84 Å². The number of carbonyl (C=O) groups excluding carboxylic acids is 1. The molecular formula is C15H27NO3. The lowest BCUT2D eigenvalue weighted by atomic mass is 9.77. The van der Waals surface area contributed by atoms with E-state index in [2.05, 4.69) is 4.90 Å². The summed E-state index contributed by atoms with van der Waals surface area (Å²) in [4.78, 5) is 14.1. The molecule has 0 spiro atoms. The summed E-state index contributed by atoms with van der Waals surface area (Å²) in [5, 5.41) is 10.3. The molecule has 19 heavy (non-hydrogen) atoms. The third kappa shape index (κ3) is 3.29. The van der Waals surface area contributed by atoms with Crippen molar-refractivity contribution in [1.29, 1.82) is 0 Å². The summed E-state index contributed by atoms with van der Waals surface area (Å²) < 4.78 is 4.88. The molecule has 4 atom stereocenters. The summed E-state index contributed by atoms with van der Waals surface area (Å²) in [6.07, 6.45) is 7.61. The Kier molecular flexibility index (Phi) is 5.22. The summed E-state index contributed by atoms with van der Waals surface area (Å²) in [5.74, 6) is 0.179. The van der Waals surface area contributed by atoms with Gasteiger partial charge in [-0.25, -0.2) is 0 Å². The van der Waals surface area contributed by atoms with Gasteiger partial charge in [-0.2, -0.15) is 0 Å². The van der Waals surface area contributed by atoms with E-state index in [1.807, 2.05) is 6.92 Å². The van der Waals surface area contributed by atoms with Crippen molar-refractivity contribution in [1.82, 2.24) is 4.90 Å². The fourth-order valence-electron chi connectivity index (χ4n) is 3.82. The van der Waals surface area contributed by atoms with Gasteiger partial charge in [0, 0.05) is 12.0 Å². The number of methoxy groups -OCH3 is 1. The molecule has 2 fully saturated rings. The Morgan fingerprint density at radius 1 is 1.21 bits per heavy atom. The Labute approximate surface area is 116 Å². The van der Waals surface area contributed by atoms with E-state index in [1.165, 1.54) is 20.0 Å². The highest BCUT2D eigenvalue weighted by Crippen LogP contribution is 2.35. The molecule has 1 N–H and O–H groups in total. The average molecular weight is 269 g/mol. The summed E-state index contributed by atoms with van der Waals surface area (Å²) in [6.45, 7) is 2.88. The summed E-state index contributed by atoms with van der Waals surface area (Å²) in [5.41, 5.74) is 0. The van der Waals surface area contributed by atoms with E-state index in [0.29, 0.717) is 12.0 Å². The second-order valence-electron chi connectivity index (χ2n) is 6.02. The molecule has 110 valence electrons. The largest absolute Gasteiger partial charge is 0.468 e. The van der Waals surface area contributed by atoms with Gasteiger partial charge >= 0.3 is 5.97 Å². The SMILES string of the molecule is COC(=O)C(C)N1CCCCC1C1CCCCC1O. The Bertz CT molecular complexity index is 308. The fraction of sp³-hybridized carbons (Fsp3) is 0.933. The standard InChI is InChI=1S/C15H27NO3/c1-11(15(18)19-2)16-10-6-5-8-13(16)12-7-3-4-9-14(12)17/h11-14,17H,3-10H2,1-2H3. The molecule has 1 saturated carbocycles. The van der Waals surface area contributed by atoms with Crippen LogP contribution in [-0.2, 0) is 9.53 Å². The van der Waals surface area contributed by atoms with Crippen LogP contribution in [0.4, 0.5) is 0 Å². The van der Waals surface area contributed by atoms with E-state index in [-0.39, 0.29) is 18.1 Å². The van der Waals surface area contributed by atoms with Gasteiger partial charge in [-0.3, -0.25) is 9.69 Å². The summed E-state index contributed by atoms with van der Waals surface area (Å²) >= 11 is 0. The number of ether oxygens (including phenoxy) is 1. The molecule has 2 aliphatic rings. The van der Waals surface area contributed by atoms with Gasteiger partial charge in [0.25, 0.3) is 0 Å². The first kappa shape index (κ1) is 14.8. The lowest BCUT2D eigenvalue weighted by Crippen LogP contribution is -2.54. The van der Waals surface area contributed by atoms with Gasteiger partial charge in [0.1, 0.15) is 6.04 Å². The van der Waals surface area contributed by atoms with Crippen LogP contribution >= 0.6 is 0 Å². The first-order valence-electron chi connectivity index (χ1n) is 7.66. The number of likely N-dealkylation sites (tertiary alicyclic amines) is 1. The normalized spacial score (nSPS) is 34.8. The first-order chi connectivity index (χ1) is 9.15. The minimum atomic E-state index is -0.191. The highest BCUT2D eigenvalue weighted by atomic mass is 16.5. The number of carbonyl (C=O) groups is 1. The third-order valence-electron chi connectivity index (χ3n) is 4.91. The van der Waals surface area contributed by atoms with Crippen molar-refractivity contribution in [2.45, 2.75) is 70.1 Å². The number of esters is 1. The van der Waals surface area contributed by atoms with Crippen LogP contribution in [0.1, 0.15) is 51.9 Å². The first-order valence-corrected chi connectivity index (χ1v) is 7.66. The Morgan fingerprint density at radius 3 is 2.58 bits per heavy atom. The minimum absolute atomic E-state index is 0.155. The lowest BCUT2D eigenvalue weighted by Gasteiger charge is -2.45. The van der Waals surface area contributed by atoms with Gasteiger partial charge in [0.2, 0.25) is 0 Å². The van der Waals surface area contributed by atoms with Crippen LogP contribution in [0.5, 0.6) is 0 Å². The molecule has 0 aromatic carbocycles. The Morgan fingerprint density at radius 2 is 1.89 bits per heavy atom. The topological polar surface area (TPSA) is 49.8 Å². The zero-order chi connectivity index (χ0) is 13.8. The summed E-state index contributed by atoms with van der Waals surface area (Å²) in [7, 11) is 1.45. The number of hydrogen-bond acceptors (Lipinski definition) is 4. The molecule has 4 unspecified atom stereocenters. The molecule has 4 heteroatoms. The number of rotatable bonds is 3. The Hall–Kier alpha value is -0.610. The van der Waals surface area contributed by atoms with Gasteiger partial charge in [-0.1, -0.05) is 19.3 Å². The molecule has 1 aliphatic carbocycles. The van der Waals surface area contributed by atoms with Crippen molar-refractivity contribution < 1.29 is 14.6 Å². The minimum Gasteiger partial charge on any atom is -0.468 e. The van der Waals surface area contributed by atoms with E-state index in [4.69, 9.17) is 4.74 Å². The lowest BCUT2D eigenvalue weighted by molar-refractivity contribution is -0.149. The molecule has 0 amide bonds. The highest BCUT2D eigenvalue weighted by molar-refractivity contribution is 5.75. The Balaban J connectivity index is 2.08. The number of aliphatic hydroxyl groups excluding tert-OH is 1. The molecule has 4 nitrogen and oxygen atoms in total. The van der Waals surface area contributed by atoms with Crippen molar-refractivity contribution in [3.8, 4) is 0 Å². The monoisotopic (exact) mass is 269 g/mol. The second kappa shape index (κ2) is 6.71. The predicted octanol–water partition coefficient (Wildman–Crippen LogP) is 1.95. The smallest absolute Gasteiger partial charge is 0.322 e. The predicted molar refractivity (Wildman–Crippen MR) is 73.8 cm³/mol. The van der Waals surface area contributed by atoms with Crippen LogP contribution < -0.4 is 0 Å². The van der Waals surface area contributed by atoms with Crippen molar-refractivity contribution >= 4 is 5.97 Å². The van der Waals surface area contributed by atoms with Gasteiger partial charge in [0.15, 0.2) is 0 Å². The maximum Gasteiger partial charge on any atom is 0.322 e. The number of piperidine rings is 1. The molecule has 0 bridgehead atoms. The van der Waals surface area contributed by atoms with E-state index in [1.54, 1.807) is 0 Å². The van der Waals surface area contributed by atoms with E-state index >= 15 is 0 Å². The van der Waals surface area contributed by atoms with Gasteiger partial charge in [-0.15, -0.1) is 0 Å². The number of hydrogen-bond donors (Lipinski definition) is 1. The third-order valence-corrected chi connectivity index (χ3v) is 4.91. The molecule has 0 radical (unpaired) electrons. The van der Waals surface area contributed by atoms with Crippen LogP contribution in [0.15, 0.2) is 0 Å². The van der Waals surface area contributed by atoms with Crippen LogP contribution in [0.3, 0.4) is 0 Å². The van der Waals surface area contributed by atoms with Crippen LogP contribution in [0.25, 0.3) is 0 Å². The molecule has 2 rings (SSSR count). The van der Waals surface area contributed by atoms with Crippen LogP contribution in [0, 0.1) is 5.92 Å². The zero-order valence-electron chi connectivity index (χ0n) is 12.2. The second-order valence-corrected chi connectivity index (χ2v) is 6.02. The fourth-order valence-corrected chi connectivity index (χ4v) is 3.82. The maximum atomic E-state index is 11.8. The quantitative estimate of drug-likeness (QED) is 0.796. The molecule has 1 saturated heterocycles. The maximum absolute atomic E-state index is 11.8. The molecular weight excluding hydrogens is 242 g/mol. The van der Waals surface area contributed by atoms with Gasteiger partial charge in [-0.05, 0) is 39.2 Å². The molecule has 1 aliphatic heterocycles. The van der Waals surface area contributed by atoms with Crippen molar-refractivity contribution in [3.05, 3.63) is 0 Å². The molecule has 0 aromatic heterocycles.